The summed E-state index contributed by atoms with van der Waals surface area (Å²) in [4.78, 5) is 16.9. The lowest BCUT2D eigenvalue weighted by Gasteiger charge is -2.32. The fourth-order valence-electron chi connectivity index (χ4n) is 3.43. The summed E-state index contributed by atoms with van der Waals surface area (Å²) in [5, 5.41) is 7.58. The SMILES string of the molecule is COc1ccc(C2C3=C(CCCC3=O)Nc3ncnn32)cc1OC. The molecule has 2 aromatic rings. The van der Waals surface area contributed by atoms with Gasteiger partial charge >= 0.3 is 0 Å². The summed E-state index contributed by atoms with van der Waals surface area (Å²) >= 11 is 0. The summed E-state index contributed by atoms with van der Waals surface area (Å²) < 4.78 is 12.5. The van der Waals surface area contributed by atoms with Gasteiger partial charge in [0.2, 0.25) is 5.95 Å². The molecule has 1 aliphatic heterocycles. The number of ether oxygens (including phenoxy) is 2. The van der Waals surface area contributed by atoms with Crippen molar-refractivity contribution in [2.24, 2.45) is 0 Å². The highest BCUT2D eigenvalue weighted by molar-refractivity contribution is 5.99. The van der Waals surface area contributed by atoms with Crippen LogP contribution in [0.1, 0.15) is 30.9 Å². The average Bonchev–Trinajstić information content (AvgIpc) is 3.07. The molecule has 7 heteroatoms. The lowest BCUT2D eigenvalue weighted by Crippen LogP contribution is -2.31. The number of ketones is 1. The lowest BCUT2D eigenvalue weighted by molar-refractivity contribution is -0.116. The van der Waals surface area contributed by atoms with Gasteiger partial charge in [-0.2, -0.15) is 10.1 Å². The molecule has 0 radical (unpaired) electrons. The first-order valence-electron chi connectivity index (χ1n) is 7.87. The summed E-state index contributed by atoms with van der Waals surface area (Å²) in [6.07, 6.45) is 3.77. The van der Waals surface area contributed by atoms with Gasteiger partial charge in [0.15, 0.2) is 17.3 Å². The van der Waals surface area contributed by atoms with Crippen LogP contribution in [0.5, 0.6) is 11.5 Å². The second kappa shape index (κ2) is 5.67. The molecular formula is C17H18N4O3. The number of Topliss-reactive ketones (excluding diaryl/α,β-unsaturated/α-hetero) is 1. The van der Waals surface area contributed by atoms with Gasteiger partial charge in [-0.3, -0.25) is 4.79 Å². The largest absolute Gasteiger partial charge is 0.493 e. The Morgan fingerprint density at radius 3 is 2.83 bits per heavy atom. The van der Waals surface area contributed by atoms with Crippen LogP contribution in [0.15, 0.2) is 35.8 Å². The van der Waals surface area contributed by atoms with Crippen LogP contribution in [0, 0.1) is 0 Å². The molecule has 1 unspecified atom stereocenters. The molecule has 7 nitrogen and oxygen atoms in total. The molecule has 1 aromatic heterocycles. The van der Waals surface area contributed by atoms with Gasteiger partial charge in [-0.05, 0) is 30.5 Å². The Morgan fingerprint density at radius 2 is 2.04 bits per heavy atom. The van der Waals surface area contributed by atoms with Gasteiger partial charge in [0.25, 0.3) is 0 Å². The van der Waals surface area contributed by atoms with E-state index in [9.17, 15) is 4.79 Å². The minimum Gasteiger partial charge on any atom is -0.493 e. The number of hydrogen-bond acceptors (Lipinski definition) is 6. The van der Waals surface area contributed by atoms with Gasteiger partial charge in [-0.15, -0.1) is 0 Å². The van der Waals surface area contributed by atoms with E-state index in [4.69, 9.17) is 9.47 Å². The first-order valence-corrected chi connectivity index (χ1v) is 7.87. The Labute approximate surface area is 139 Å². The summed E-state index contributed by atoms with van der Waals surface area (Å²) in [6.45, 7) is 0. The number of fused-ring (bicyclic) bond motifs is 1. The fourth-order valence-corrected chi connectivity index (χ4v) is 3.43. The summed E-state index contributed by atoms with van der Waals surface area (Å²) in [6, 6.07) is 5.38. The van der Waals surface area contributed by atoms with Gasteiger partial charge in [-0.1, -0.05) is 6.07 Å². The smallest absolute Gasteiger partial charge is 0.226 e. The van der Waals surface area contributed by atoms with E-state index in [-0.39, 0.29) is 11.8 Å². The topological polar surface area (TPSA) is 78.3 Å². The number of anilines is 1. The Kier molecular flexibility index (Phi) is 3.48. The number of aromatic nitrogens is 3. The van der Waals surface area contributed by atoms with E-state index in [1.165, 1.54) is 6.33 Å². The van der Waals surface area contributed by atoms with Crippen molar-refractivity contribution in [1.29, 1.82) is 0 Å². The summed E-state index contributed by atoms with van der Waals surface area (Å²) in [5.74, 6) is 2.09. The number of carbonyl (C=O) groups is 1. The van der Waals surface area contributed by atoms with E-state index in [2.05, 4.69) is 15.4 Å². The van der Waals surface area contributed by atoms with E-state index in [1.54, 1.807) is 18.9 Å². The fraction of sp³-hybridized carbons (Fsp3) is 0.353. The Balaban J connectivity index is 1.89. The molecule has 124 valence electrons. The van der Waals surface area contributed by atoms with Gasteiger partial charge in [0.05, 0.1) is 14.2 Å². The highest BCUT2D eigenvalue weighted by atomic mass is 16.5. The van der Waals surface area contributed by atoms with Crippen molar-refractivity contribution in [1.82, 2.24) is 14.8 Å². The predicted molar refractivity (Wildman–Crippen MR) is 87.2 cm³/mol. The quantitative estimate of drug-likeness (QED) is 0.932. The first kappa shape index (κ1) is 14.7. The molecular weight excluding hydrogens is 308 g/mol. The molecule has 0 saturated carbocycles. The van der Waals surface area contributed by atoms with Crippen molar-refractivity contribution in [2.45, 2.75) is 25.3 Å². The molecule has 1 N–H and O–H groups in total. The maximum absolute atomic E-state index is 12.6. The molecule has 0 amide bonds. The maximum Gasteiger partial charge on any atom is 0.226 e. The molecule has 0 spiro atoms. The number of methoxy groups -OCH3 is 2. The van der Waals surface area contributed by atoms with Crippen LogP contribution in [0.25, 0.3) is 0 Å². The van der Waals surface area contributed by atoms with Gasteiger partial charge in [0, 0.05) is 17.7 Å². The second-order valence-electron chi connectivity index (χ2n) is 5.84. The van der Waals surface area contributed by atoms with E-state index in [1.807, 2.05) is 18.2 Å². The normalized spacial score (nSPS) is 19.4. The van der Waals surface area contributed by atoms with Crippen LogP contribution in [0.3, 0.4) is 0 Å². The molecule has 0 saturated heterocycles. The van der Waals surface area contributed by atoms with Gasteiger partial charge < -0.3 is 14.8 Å². The van der Waals surface area contributed by atoms with Crippen molar-refractivity contribution >= 4 is 11.7 Å². The maximum atomic E-state index is 12.6. The van der Waals surface area contributed by atoms with Crippen LogP contribution in [0.4, 0.5) is 5.95 Å². The molecule has 4 rings (SSSR count). The third kappa shape index (κ3) is 2.16. The number of benzene rings is 1. The molecule has 0 fully saturated rings. The Bertz CT molecular complexity index is 840. The summed E-state index contributed by atoms with van der Waals surface area (Å²) in [7, 11) is 3.20. The van der Waals surface area contributed by atoms with Crippen molar-refractivity contribution in [3.63, 3.8) is 0 Å². The molecule has 0 bridgehead atoms. The average molecular weight is 326 g/mol. The van der Waals surface area contributed by atoms with Crippen molar-refractivity contribution in [3.05, 3.63) is 41.4 Å². The number of carbonyl (C=O) groups excluding carboxylic acids is 1. The van der Waals surface area contributed by atoms with E-state index < -0.39 is 0 Å². The lowest BCUT2D eigenvalue weighted by atomic mass is 9.85. The van der Waals surface area contributed by atoms with Crippen molar-refractivity contribution in [2.75, 3.05) is 19.5 Å². The number of allylic oxidation sites excluding steroid dienone is 2. The zero-order chi connectivity index (χ0) is 16.7. The monoisotopic (exact) mass is 326 g/mol. The van der Waals surface area contributed by atoms with E-state index in [0.717, 1.165) is 29.7 Å². The third-order valence-electron chi connectivity index (χ3n) is 4.53. The van der Waals surface area contributed by atoms with Crippen LogP contribution >= 0.6 is 0 Å². The standard InChI is InChI=1S/C17H18N4O3/c1-23-13-7-6-10(8-14(13)24-2)16-15-11(4-3-5-12(15)22)20-17-18-9-19-21(16)17/h6-9,16H,3-5H2,1-2H3,(H,18,19,20). The molecule has 1 atom stereocenters. The Morgan fingerprint density at radius 1 is 1.21 bits per heavy atom. The number of nitrogens with zero attached hydrogens (tertiary/aromatic N) is 3. The minimum atomic E-state index is -0.300. The zero-order valence-corrected chi connectivity index (χ0v) is 13.6. The van der Waals surface area contributed by atoms with Crippen molar-refractivity contribution in [3.8, 4) is 11.5 Å². The van der Waals surface area contributed by atoms with Crippen LogP contribution in [-0.4, -0.2) is 34.8 Å². The van der Waals surface area contributed by atoms with Crippen LogP contribution in [0.2, 0.25) is 0 Å². The predicted octanol–water partition coefficient (Wildman–Crippen LogP) is 2.32. The van der Waals surface area contributed by atoms with Crippen molar-refractivity contribution < 1.29 is 14.3 Å². The molecule has 2 aliphatic rings. The number of rotatable bonds is 3. The van der Waals surface area contributed by atoms with Gasteiger partial charge in [0.1, 0.15) is 12.4 Å². The minimum absolute atomic E-state index is 0.157. The van der Waals surface area contributed by atoms with Crippen LogP contribution in [-0.2, 0) is 4.79 Å². The highest BCUT2D eigenvalue weighted by Gasteiger charge is 2.36. The molecule has 1 aliphatic carbocycles. The van der Waals surface area contributed by atoms with E-state index in [0.29, 0.717) is 23.9 Å². The van der Waals surface area contributed by atoms with E-state index >= 15 is 0 Å². The number of hydrogen-bond donors (Lipinski definition) is 1. The number of nitrogens with one attached hydrogen (secondary N) is 1. The Hall–Kier alpha value is -2.83. The molecule has 24 heavy (non-hydrogen) atoms. The second-order valence-corrected chi connectivity index (χ2v) is 5.84. The molecule has 1 aromatic carbocycles. The third-order valence-corrected chi connectivity index (χ3v) is 4.53. The molecule has 2 heterocycles. The highest BCUT2D eigenvalue weighted by Crippen LogP contribution is 2.41. The zero-order valence-electron chi connectivity index (χ0n) is 13.6. The van der Waals surface area contributed by atoms with Gasteiger partial charge in [-0.25, -0.2) is 4.68 Å². The first-order chi connectivity index (χ1) is 11.7. The van der Waals surface area contributed by atoms with Crippen LogP contribution < -0.4 is 14.8 Å². The summed E-state index contributed by atoms with van der Waals surface area (Å²) in [5.41, 5.74) is 2.64.